The SMILES string of the molecule is CC1CCCC(C2CCC(C3CCCC(C4CCC(C5CCCC(C)C5)C4)C3)C2)C1. The lowest BCUT2D eigenvalue weighted by atomic mass is 9.68. The van der Waals surface area contributed by atoms with Crippen LogP contribution in [0.4, 0.5) is 0 Å². The highest BCUT2D eigenvalue weighted by molar-refractivity contribution is 4.92. The van der Waals surface area contributed by atoms with Gasteiger partial charge in [0.25, 0.3) is 0 Å². The molecule has 0 nitrogen and oxygen atoms in total. The maximum Gasteiger partial charge on any atom is -0.0383 e. The van der Waals surface area contributed by atoms with Crippen molar-refractivity contribution in [2.24, 2.45) is 59.2 Å². The first-order valence-electron chi connectivity index (χ1n) is 14.7. The fourth-order valence-corrected chi connectivity index (χ4v) is 9.76. The summed E-state index contributed by atoms with van der Waals surface area (Å²) in [6, 6.07) is 0. The van der Waals surface area contributed by atoms with E-state index in [4.69, 9.17) is 0 Å². The van der Waals surface area contributed by atoms with E-state index in [2.05, 4.69) is 13.8 Å². The van der Waals surface area contributed by atoms with Crippen LogP contribution in [-0.4, -0.2) is 0 Å². The third kappa shape index (κ3) is 4.98. The molecule has 5 aliphatic rings. The number of rotatable bonds is 4. The lowest BCUT2D eigenvalue weighted by Crippen LogP contribution is -2.27. The second-order valence-corrected chi connectivity index (χ2v) is 13.4. The molecule has 0 N–H and O–H groups in total. The summed E-state index contributed by atoms with van der Waals surface area (Å²) in [5.74, 6) is 10.9. The van der Waals surface area contributed by atoms with Gasteiger partial charge >= 0.3 is 0 Å². The van der Waals surface area contributed by atoms with E-state index in [1.165, 1.54) is 25.7 Å². The minimum atomic E-state index is 1.02. The first kappa shape index (κ1) is 21.8. The predicted molar refractivity (Wildman–Crippen MR) is 129 cm³/mol. The zero-order chi connectivity index (χ0) is 20.5. The number of hydrogen-bond donors (Lipinski definition) is 0. The largest absolute Gasteiger partial charge is 0.0625 e. The van der Waals surface area contributed by atoms with E-state index < -0.39 is 0 Å². The highest BCUT2D eigenvalue weighted by atomic mass is 14.5. The molecule has 0 aromatic carbocycles. The molecule has 0 aromatic heterocycles. The Hall–Kier alpha value is 0. The van der Waals surface area contributed by atoms with Crippen LogP contribution in [0.15, 0.2) is 0 Å². The van der Waals surface area contributed by atoms with Gasteiger partial charge in [-0.15, -0.1) is 0 Å². The molecule has 172 valence electrons. The quantitative estimate of drug-likeness (QED) is 0.431. The molecule has 5 rings (SSSR count). The van der Waals surface area contributed by atoms with E-state index in [1.807, 2.05) is 0 Å². The Bertz CT molecular complexity index is 490. The second-order valence-electron chi connectivity index (χ2n) is 13.4. The Morgan fingerprint density at radius 3 is 0.900 bits per heavy atom. The summed E-state index contributed by atoms with van der Waals surface area (Å²) in [6.07, 6.45) is 28.4. The molecule has 0 aromatic rings. The maximum absolute atomic E-state index is 2.52. The molecule has 0 bridgehead atoms. The van der Waals surface area contributed by atoms with Crippen molar-refractivity contribution in [2.75, 3.05) is 0 Å². The van der Waals surface area contributed by atoms with Gasteiger partial charge in [0.05, 0.1) is 0 Å². The van der Waals surface area contributed by atoms with E-state index >= 15 is 0 Å². The van der Waals surface area contributed by atoms with Crippen molar-refractivity contribution < 1.29 is 0 Å². The molecule has 10 unspecified atom stereocenters. The summed E-state index contributed by atoms with van der Waals surface area (Å²) < 4.78 is 0. The Morgan fingerprint density at radius 1 is 0.300 bits per heavy atom. The summed E-state index contributed by atoms with van der Waals surface area (Å²) in [5.41, 5.74) is 0. The van der Waals surface area contributed by atoms with E-state index in [1.54, 1.807) is 89.9 Å². The molecule has 5 aliphatic carbocycles. The van der Waals surface area contributed by atoms with E-state index in [-0.39, 0.29) is 0 Å². The molecule has 0 spiro atoms. The van der Waals surface area contributed by atoms with Gasteiger partial charge in [0.2, 0.25) is 0 Å². The highest BCUT2D eigenvalue weighted by Crippen LogP contribution is 2.52. The Labute approximate surface area is 188 Å². The van der Waals surface area contributed by atoms with Crippen LogP contribution >= 0.6 is 0 Å². The lowest BCUT2D eigenvalue weighted by molar-refractivity contribution is 0.136. The average molecular weight is 413 g/mol. The van der Waals surface area contributed by atoms with Gasteiger partial charge < -0.3 is 0 Å². The smallest absolute Gasteiger partial charge is 0.0383 e. The van der Waals surface area contributed by atoms with Crippen molar-refractivity contribution in [3.63, 3.8) is 0 Å². The molecule has 0 aliphatic heterocycles. The van der Waals surface area contributed by atoms with Crippen LogP contribution in [0, 0.1) is 59.2 Å². The van der Waals surface area contributed by atoms with Crippen LogP contribution in [0.5, 0.6) is 0 Å². The molecule has 0 heteroatoms. The van der Waals surface area contributed by atoms with E-state index in [0.29, 0.717) is 0 Å². The van der Waals surface area contributed by atoms with Crippen molar-refractivity contribution in [1.82, 2.24) is 0 Å². The van der Waals surface area contributed by atoms with Gasteiger partial charge in [0.15, 0.2) is 0 Å². The first-order chi connectivity index (χ1) is 14.7. The Balaban J connectivity index is 1.11. The third-order valence-corrected chi connectivity index (χ3v) is 11.4. The number of hydrogen-bond acceptors (Lipinski definition) is 0. The third-order valence-electron chi connectivity index (χ3n) is 11.4. The summed E-state index contributed by atoms with van der Waals surface area (Å²) >= 11 is 0. The van der Waals surface area contributed by atoms with Crippen molar-refractivity contribution in [3.8, 4) is 0 Å². The van der Waals surface area contributed by atoms with Gasteiger partial charge in [-0.1, -0.05) is 71.6 Å². The molecule has 10 atom stereocenters. The summed E-state index contributed by atoms with van der Waals surface area (Å²) in [4.78, 5) is 0. The van der Waals surface area contributed by atoms with Crippen LogP contribution < -0.4 is 0 Å². The van der Waals surface area contributed by atoms with Crippen LogP contribution in [0.1, 0.15) is 129 Å². The van der Waals surface area contributed by atoms with Crippen molar-refractivity contribution in [1.29, 1.82) is 0 Å². The normalized spacial score (nSPS) is 50.6. The standard InChI is InChI=1S/C30H52/c1-21-6-3-8-23(16-21)27-12-14-29(19-27)25-10-5-11-26(18-25)30-15-13-28(20-30)24-9-4-7-22(2)17-24/h21-30H,3-20H2,1-2H3. The molecule has 30 heavy (non-hydrogen) atoms. The van der Waals surface area contributed by atoms with Gasteiger partial charge in [0.1, 0.15) is 0 Å². The van der Waals surface area contributed by atoms with Gasteiger partial charge in [0, 0.05) is 0 Å². The Morgan fingerprint density at radius 2 is 0.567 bits per heavy atom. The topological polar surface area (TPSA) is 0 Å². The fraction of sp³-hybridized carbons (Fsp3) is 1.00. The summed E-state index contributed by atoms with van der Waals surface area (Å²) in [7, 11) is 0. The molecular formula is C30H52. The zero-order valence-electron chi connectivity index (χ0n) is 20.5. The van der Waals surface area contributed by atoms with Crippen molar-refractivity contribution in [3.05, 3.63) is 0 Å². The minimum Gasteiger partial charge on any atom is -0.0625 e. The van der Waals surface area contributed by atoms with Crippen LogP contribution in [0.25, 0.3) is 0 Å². The van der Waals surface area contributed by atoms with Crippen molar-refractivity contribution in [2.45, 2.75) is 129 Å². The predicted octanol–water partition coefficient (Wildman–Crippen LogP) is 9.28. The summed E-state index contributed by atoms with van der Waals surface area (Å²) in [6.45, 7) is 5.04. The van der Waals surface area contributed by atoms with Gasteiger partial charge in [-0.05, 0) is 117 Å². The van der Waals surface area contributed by atoms with Crippen LogP contribution in [0.2, 0.25) is 0 Å². The lowest BCUT2D eigenvalue weighted by Gasteiger charge is -2.37. The molecule has 5 saturated carbocycles. The van der Waals surface area contributed by atoms with Crippen LogP contribution in [-0.2, 0) is 0 Å². The monoisotopic (exact) mass is 412 g/mol. The molecule has 0 heterocycles. The van der Waals surface area contributed by atoms with Gasteiger partial charge in [-0.2, -0.15) is 0 Å². The minimum absolute atomic E-state index is 1.02. The summed E-state index contributed by atoms with van der Waals surface area (Å²) in [5, 5.41) is 0. The fourth-order valence-electron chi connectivity index (χ4n) is 9.76. The zero-order valence-corrected chi connectivity index (χ0v) is 20.5. The Kier molecular flexibility index (Phi) is 7.18. The molecule has 0 amide bonds. The highest BCUT2D eigenvalue weighted by Gasteiger charge is 2.41. The molecular weight excluding hydrogens is 360 g/mol. The van der Waals surface area contributed by atoms with E-state index in [0.717, 1.165) is 59.2 Å². The average Bonchev–Trinajstić information content (AvgIpc) is 3.44. The molecule has 0 saturated heterocycles. The van der Waals surface area contributed by atoms with Gasteiger partial charge in [-0.3, -0.25) is 0 Å². The molecule has 0 radical (unpaired) electrons. The second kappa shape index (κ2) is 9.87. The van der Waals surface area contributed by atoms with E-state index in [9.17, 15) is 0 Å². The molecule has 5 fully saturated rings. The van der Waals surface area contributed by atoms with Crippen LogP contribution in [0.3, 0.4) is 0 Å². The maximum atomic E-state index is 2.52. The van der Waals surface area contributed by atoms with Crippen molar-refractivity contribution >= 4 is 0 Å². The van der Waals surface area contributed by atoms with Gasteiger partial charge in [-0.25, -0.2) is 0 Å². The first-order valence-corrected chi connectivity index (χ1v) is 14.7.